The fraction of sp³-hybridized carbons (Fsp3) is 0.357. The molecule has 0 amide bonds. The van der Waals surface area contributed by atoms with Crippen molar-refractivity contribution in [2.24, 2.45) is 5.73 Å². The zero-order chi connectivity index (χ0) is 13.3. The van der Waals surface area contributed by atoms with E-state index < -0.39 is 5.54 Å². The summed E-state index contributed by atoms with van der Waals surface area (Å²) in [5, 5.41) is 0. The maximum Gasteiger partial charge on any atom is 0.128 e. The van der Waals surface area contributed by atoms with Crippen molar-refractivity contribution in [3.05, 3.63) is 35.8 Å². The molecule has 4 heteroatoms. The van der Waals surface area contributed by atoms with Gasteiger partial charge in [-0.05, 0) is 32.9 Å². The van der Waals surface area contributed by atoms with Gasteiger partial charge in [-0.3, -0.25) is 0 Å². The predicted molar refractivity (Wildman–Crippen MR) is 72.5 cm³/mol. The lowest BCUT2D eigenvalue weighted by atomic mass is 10.1. The van der Waals surface area contributed by atoms with Gasteiger partial charge in [0.05, 0.1) is 18.3 Å². The summed E-state index contributed by atoms with van der Waals surface area (Å²) in [6, 6.07) is 7.84. The molecule has 0 atom stereocenters. The molecule has 0 aliphatic carbocycles. The highest BCUT2D eigenvalue weighted by Crippen LogP contribution is 2.31. The van der Waals surface area contributed by atoms with Gasteiger partial charge in [-0.15, -0.1) is 0 Å². The molecule has 0 saturated heterocycles. The highest BCUT2D eigenvalue weighted by atomic mass is 16.5. The molecule has 0 bridgehead atoms. The summed E-state index contributed by atoms with van der Waals surface area (Å²) in [5.74, 6) is 1.59. The molecule has 0 aliphatic rings. The Balaban J connectivity index is 2.55. The van der Waals surface area contributed by atoms with E-state index in [4.69, 9.17) is 10.5 Å². The number of hydrogen-bond acceptors (Lipinski definition) is 3. The van der Waals surface area contributed by atoms with E-state index in [9.17, 15) is 0 Å². The van der Waals surface area contributed by atoms with Gasteiger partial charge >= 0.3 is 0 Å². The smallest absolute Gasteiger partial charge is 0.128 e. The van der Waals surface area contributed by atoms with Gasteiger partial charge in [0.2, 0.25) is 0 Å². The summed E-state index contributed by atoms with van der Waals surface area (Å²) in [6.45, 7) is 5.85. The predicted octanol–water partition coefficient (Wildman–Crippen LogP) is 2.59. The number of H-pyrrole nitrogens is 1. The third kappa shape index (κ3) is 2.24. The Bertz CT molecular complexity index is 552. The van der Waals surface area contributed by atoms with Crippen LogP contribution in [0.1, 0.15) is 25.4 Å². The maximum atomic E-state index is 6.06. The number of nitrogens with two attached hydrogens (primary N) is 1. The Morgan fingerprint density at radius 3 is 2.50 bits per heavy atom. The summed E-state index contributed by atoms with van der Waals surface area (Å²) in [5.41, 5.74) is 8.44. The van der Waals surface area contributed by atoms with Gasteiger partial charge in [-0.2, -0.15) is 0 Å². The topological polar surface area (TPSA) is 63.9 Å². The first-order valence-electron chi connectivity index (χ1n) is 5.93. The van der Waals surface area contributed by atoms with Crippen LogP contribution >= 0.6 is 0 Å². The monoisotopic (exact) mass is 245 g/mol. The van der Waals surface area contributed by atoms with E-state index in [0.29, 0.717) is 0 Å². The van der Waals surface area contributed by atoms with Crippen molar-refractivity contribution in [1.82, 2.24) is 9.97 Å². The van der Waals surface area contributed by atoms with Gasteiger partial charge in [0, 0.05) is 11.3 Å². The lowest BCUT2D eigenvalue weighted by Gasteiger charge is -2.14. The molecule has 96 valence electrons. The molecular formula is C14H19N3O. The molecule has 2 aromatic rings. The number of para-hydroxylation sites is 1. The van der Waals surface area contributed by atoms with Crippen LogP contribution in [0.4, 0.5) is 0 Å². The molecule has 1 aromatic carbocycles. The summed E-state index contributed by atoms with van der Waals surface area (Å²) >= 11 is 0. The quantitative estimate of drug-likeness (QED) is 0.873. The largest absolute Gasteiger partial charge is 0.496 e. The molecule has 1 aromatic heterocycles. The van der Waals surface area contributed by atoms with Gasteiger partial charge in [0.15, 0.2) is 0 Å². The van der Waals surface area contributed by atoms with Crippen LogP contribution < -0.4 is 10.5 Å². The number of aryl methyl sites for hydroxylation is 1. The lowest BCUT2D eigenvalue weighted by Crippen LogP contribution is -2.30. The minimum Gasteiger partial charge on any atom is -0.496 e. The number of nitrogens with zero attached hydrogens (tertiary/aromatic N) is 1. The lowest BCUT2D eigenvalue weighted by molar-refractivity contribution is 0.416. The minimum atomic E-state index is -0.481. The molecule has 0 spiro atoms. The van der Waals surface area contributed by atoms with Crippen LogP contribution in [0, 0.1) is 6.92 Å². The Labute approximate surface area is 107 Å². The number of nitrogens with one attached hydrogen (secondary N) is 1. The summed E-state index contributed by atoms with van der Waals surface area (Å²) < 4.78 is 5.36. The molecule has 4 nitrogen and oxygen atoms in total. The molecule has 0 saturated carbocycles. The molecule has 3 N–H and O–H groups in total. The molecule has 0 radical (unpaired) electrons. The number of rotatable bonds is 3. The third-order valence-corrected chi connectivity index (χ3v) is 2.86. The van der Waals surface area contributed by atoms with Crippen LogP contribution in [0.15, 0.2) is 24.3 Å². The van der Waals surface area contributed by atoms with Crippen LogP contribution in [0.25, 0.3) is 11.3 Å². The van der Waals surface area contributed by atoms with Crippen LogP contribution in [0.3, 0.4) is 0 Å². The Kier molecular flexibility index (Phi) is 3.13. The normalized spacial score (nSPS) is 11.6. The van der Waals surface area contributed by atoms with Gasteiger partial charge < -0.3 is 15.5 Å². The van der Waals surface area contributed by atoms with Crippen molar-refractivity contribution in [2.45, 2.75) is 26.3 Å². The maximum absolute atomic E-state index is 6.06. The third-order valence-electron chi connectivity index (χ3n) is 2.86. The standard InChI is InChI=1S/C14H19N3O/c1-9-12(17-13(16-9)14(2,3)15)10-7-5-6-8-11(10)18-4/h5-8H,15H2,1-4H3,(H,16,17). The van der Waals surface area contributed by atoms with Crippen LogP contribution in [-0.2, 0) is 5.54 Å². The molecule has 0 aliphatic heterocycles. The molecule has 1 heterocycles. The second kappa shape index (κ2) is 4.46. The zero-order valence-electron chi connectivity index (χ0n) is 11.2. The summed E-state index contributed by atoms with van der Waals surface area (Å²) in [7, 11) is 1.66. The number of aromatic amines is 1. The Hall–Kier alpha value is -1.81. The fourth-order valence-corrected chi connectivity index (χ4v) is 1.87. The van der Waals surface area contributed by atoms with Gasteiger partial charge in [-0.1, -0.05) is 12.1 Å². The van der Waals surface area contributed by atoms with E-state index in [1.807, 2.05) is 45.0 Å². The molecule has 0 unspecified atom stereocenters. The molecule has 0 fully saturated rings. The summed E-state index contributed by atoms with van der Waals surface area (Å²) in [4.78, 5) is 7.84. The van der Waals surface area contributed by atoms with Crippen LogP contribution in [0.2, 0.25) is 0 Å². The molecule has 2 rings (SSSR count). The van der Waals surface area contributed by atoms with E-state index in [1.165, 1.54) is 0 Å². The van der Waals surface area contributed by atoms with Gasteiger partial charge in [0.1, 0.15) is 11.6 Å². The number of hydrogen-bond donors (Lipinski definition) is 2. The first-order valence-corrected chi connectivity index (χ1v) is 5.93. The van der Waals surface area contributed by atoms with E-state index in [1.54, 1.807) is 7.11 Å². The fourth-order valence-electron chi connectivity index (χ4n) is 1.87. The number of methoxy groups -OCH3 is 1. The SMILES string of the molecule is COc1ccccc1-c1nc(C(C)(C)N)[nH]c1C. The van der Waals surface area contributed by atoms with Crippen LogP contribution in [-0.4, -0.2) is 17.1 Å². The van der Waals surface area contributed by atoms with E-state index >= 15 is 0 Å². The first-order chi connectivity index (χ1) is 8.43. The minimum absolute atomic E-state index is 0.481. The number of imidazole rings is 1. The number of benzene rings is 1. The molecule has 18 heavy (non-hydrogen) atoms. The van der Waals surface area contributed by atoms with Crippen molar-refractivity contribution in [2.75, 3.05) is 7.11 Å². The Morgan fingerprint density at radius 1 is 1.28 bits per heavy atom. The first kappa shape index (κ1) is 12.6. The van der Waals surface area contributed by atoms with E-state index in [0.717, 1.165) is 28.5 Å². The average Bonchev–Trinajstić information content (AvgIpc) is 2.71. The van der Waals surface area contributed by atoms with Crippen molar-refractivity contribution in [3.8, 4) is 17.0 Å². The van der Waals surface area contributed by atoms with Crippen LogP contribution in [0.5, 0.6) is 5.75 Å². The second-order valence-electron chi connectivity index (χ2n) is 4.98. The van der Waals surface area contributed by atoms with Crippen molar-refractivity contribution < 1.29 is 4.74 Å². The van der Waals surface area contributed by atoms with E-state index in [-0.39, 0.29) is 0 Å². The molecular weight excluding hydrogens is 226 g/mol. The number of aromatic nitrogens is 2. The Morgan fingerprint density at radius 2 is 1.94 bits per heavy atom. The average molecular weight is 245 g/mol. The highest BCUT2D eigenvalue weighted by Gasteiger charge is 2.21. The second-order valence-corrected chi connectivity index (χ2v) is 4.98. The summed E-state index contributed by atoms with van der Waals surface area (Å²) in [6.07, 6.45) is 0. The van der Waals surface area contributed by atoms with Crippen molar-refractivity contribution in [1.29, 1.82) is 0 Å². The number of ether oxygens (including phenoxy) is 1. The van der Waals surface area contributed by atoms with Gasteiger partial charge in [0.25, 0.3) is 0 Å². The van der Waals surface area contributed by atoms with E-state index in [2.05, 4.69) is 9.97 Å². The van der Waals surface area contributed by atoms with Crippen molar-refractivity contribution in [3.63, 3.8) is 0 Å². The van der Waals surface area contributed by atoms with Crippen molar-refractivity contribution >= 4 is 0 Å². The highest BCUT2D eigenvalue weighted by molar-refractivity contribution is 5.69. The van der Waals surface area contributed by atoms with Gasteiger partial charge in [-0.25, -0.2) is 4.98 Å². The zero-order valence-corrected chi connectivity index (χ0v) is 11.2.